The van der Waals surface area contributed by atoms with Crippen molar-refractivity contribution in [1.29, 1.82) is 0 Å². The molecule has 1 aromatic carbocycles. The molecule has 0 spiro atoms. The zero-order valence-electron chi connectivity index (χ0n) is 13.7. The first kappa shape index (κ1) is 21.2. The van der Waals surface area contributed by atoms with Gasteiger partial charge in [-0.3, -0.25) is 4.79 Å². The van der Waals surface area contributed by atoms with Crippen molar-refractivity contribution in [1.82, 2.24) is 4.90 Å². The van der Waals surface area contributed by atoms with E-state index in [0.717, 1.165) is 26.1 Å². The van der Waals surface area contributed by atoms with E-state index in [0.29, 0.717) is 0 Å². The number of hydrogen-bond donors (Lipinski definition) is 1. The van der Waals surface area contributed by atoms with Crippen LogP contribution in [0.15, 0.2) is 18.2 Å². The molecule has 0 amide bonds. The van der Waals surface area contributed by atoms with Crippen molar-refractivity contribution < 1.29 is 24.2 Å². The zero-order chi connectivity index (χ0) is 16.5. The number of carbonyl (C=O) groups excluding carboxylic acids is 2. The summed E-state index contributed by atoms with van der Waals surface area (Å²) >= 11 is 0. The van der Waals surface area contributed by atoms with E-state index in [2.05, 4.69) is 18.7 Å². The van der Waals surface area contributed by atoms with Crippen LogP contribution in [-0.2, 0) is 9.53 Å². The Hall–Kier alpha value is -1.79. The van der Waals surface area contributed by atoms with Crippen LogP contribution in [0.2, 0.25) is 0 Å². The van der Waals surface area contributed by atoms with Crippen molar-refractivity contribution in [2.45, 2.75) is 27.2 Å². The van der Waals surface area contributed by atoms with Gasteiger partial charge < -0.3 is 19.5 Å². The van der Waals surface area contributed by atoms with Crippen LogP contribution in [0.25, 0.3) is 0 Å². The van der Waals surface area contributed by atoms with Crippen LogP contribution >= 0.6 is 12.4 Å². The van der Waals surface area contributed by atoms with Crippen LogP contribution in [0.4, 0.5) is 0 Å². The van der Waals surface area contributed by atoms with Crippen LogP contribution in [0, 0.1) is 0 Å². The fourth-order valence-electron chi connectivity index (χ4n) is 1.98. The minimum Gasteiger partial charge on any atom is -0.507 e. The Kier molecular flexibility index (Phi) is 10.0. The molecule has 0 aliphatic heterocycles. The van der Waals surface area contributed by atoms with Gasteiger partial charge in [0.05, 0.1) is 6.61 Å². The Morgan fingerprint density at radius 2 is 1.87 bits per heavy atom. The normalized spacial score (nSPS) is 10.1. The molecular formula is C16H24ClNO5. The predicted octanol–water partition coefficient (Wildman–Crippen LogP) is 2.63. The summed E-state index contributed by atoms with van der Waals surface area (Å²) in [6.45, 7) is 8.44. The zero-order valence-corrected chi connectivity index (χ0v) is 14.5. The van der Waals surface area contributed by atoms with Gasteiger partial charge in [0.15, 0.2) is 0 Å². The highest BCUT2D eigenvalue weighted by Crippen LogP contribution is 2.24. The number of esters is 2. The maximum Gasteiger partial charge on any atom is 0.342 e. The van der Waals surface area contributed by atoms with E-state index in [9.17, 15) is 14.7 Å². The van der Waals surface area contributed by atoms with Crippen molar-refractivity contribution in [2.75, 3.05) is 26.2 Å². The van der Waals surface area contributed by atoms with Crippen LogP contribution in [-0.4, -0.2) is 48.2 Å². The van der Waals surface area contributed by atoms with E-state index >= 15 is 0 Å². The van der Waals surface area contributed by atoms with Gasteiger partial charge in [0, 0.05) is 13.5 Å². The van der Waals surface area contributed by atoms with Gasteiger partial charge in [0.1, 0.15) is 17.1 Å². The second kappa shape index (κ2) is 10.9. The SMILES string of the molecule is CCN(CC)CCCOC(=O)c1cc(OC(C)=O)ccc1O.Cl. The Labute approximate surface area is 142 Å². The molecule has 0 fully saturated rings. The molecule has 6 nitrogen and oxygen atoms in total. The lowest BCUT2D eigenvalue weighted by atomic mass is 10.2. The number of hydrogen-bond acceptors (Lipinski definition) is 6. The number of benzene rings is 1. The number of halogens is 1. The number of aromatic hydroxyl groups is 1. The fourth-order valence-corrected chi connectivity index (χ4v) is 1.98. The maximum absolute atomic E-state index is 12.0. The molecule has 0 unspecified atom stereocenters. The summed E-state index contributed by atoms with van der Waals surface area (Å²) < 4.78 is 10.0. The van der Waals surface area contributed by atoms with Crippen LogP contribution in [0.3, 0.4) is 0 Å². The van der Waals surface area contributed by atoms with Gasteiger partial charge in [-0.25, -0.2) is 4.79 Å². The third-order valence-corrected chi connectivity index (χ3v) is 3.20. The minimum absolute atomic E-state index is 0. The molecule has 23 heavy (non-hydrogen) atoms. The molecule has 0 atom stereocenters. The van der Waals surface area contributed by atoms with Crippen molar-refractivity contribution in [3.63, 3.8) is 0 Å². The van der Waals surface area contributed by atoms with Crippen LogP contribution in [0.1, 0.15) is 37.6 Å². The molecule has 0 heterocycles. The fraction of sp³-hybridized carbons (Fsp3) is 0.500. The second-order valence-corrected chi connectivity index (χ2v) is 4.79. The van der Waals surface area contributed by atoms with Gasteiger partial charge in [-0.05, 0) is 37.7 Å². The van der Waals surface area contributed by atoms with Gasteiger partial charge in [0.25, 0.3) is 0 Å². The topological polar surface area (TPSA) is 76.1 Å². The molecule has 1 N–H and O–H groups in total. The van der Waals surface area contributed by atoms with Crippen LogP contribution < -0.4 is 4.74 Å². The number of phenolic OH excluding ortho intramolecular Hbond substituents is 1. The van der Waals surface area contributed by atoms with E-state index in [1.807, 2.05) is 0 Å². The third kappa shape index (κ3) is 7.34. The number of phenols is 1. The van der Waals surface area contributed by atoms with Crippen molar-refractivity contribution in [3.8, 4) is 11.5 Å². The molecule has 1 aromatic rings. The molecule has 0 saturated heterocycles. The van der Waals surface area contributed by atoms with Crippen LogP contribution in [0.5, 0.6) is 11.5 Å². The van der Waals surface area contributed by atoms with E-state index in [-0.39, 0.29) is 36.1 Å². The van der Waals surface area contributed by atoms with Gasteiger partial charge >= 0.3 is 11.9 Å². The highest BCUT2D eigenvalue weighted by atomic mass is 35.5. The summed E-state index contributed by atoms with van der Waals surface area (Å²) in [5, 5.41) is 9.71. The first-order valence-corrected chi connectivity index (χ1v) is 7.38. The summed E-state index contributed by atoms with van der Waals surface area (Å²) in [5.74, 6) is -1.14. The Bertz CT molecular complexity index is 517. The quantitative estimate of drug-likeness (QED) is 0.443. The molecule has 0 saturated carbocycles. The predicted molar refractivity (Wildman–Crippen MR) is 89.4 cm³/mol. The molecule has 0 aromatic heterocycles. The van der Waals surface area contributed by atoms with E-state index in [1.165, 1.54) is 25.1 Å². The first-order valence-electron chi connectivity index (χ1n) is 7.38. The van der Waals surface area contributed by atoms with Gasteiger partial charge in [0.2, 0.25) is 0 Å². The Morgan fingerprint density at radius 1 is 1.22 bits per heavy atom. The summed E-state index contributed by atoms with van der Waals surface area (Å²) in [4.78, 5) is 25.1. The molecule has 0 aliphatic rings. The highest BCUT2D eigenvalue weighted by molar-refractivity contribution is 5.93. The number of carbonyl (C=O) groups is 2. The van der Waals surface area contributed by atoms with Gasteiger partial charge in [-0.2, -0.15) is 0 Å². The summed E-state index contributed by atoms with van der Waals surface area (Å²) in [6, 6.07) is 4.00. The van der Waals surface area contributed by atoms with E-state index < -0.39 is 11.9 Å². The summed E-state index contributed by atoms with van der Waals surface area (Å²) in [6.07, 6.45) is 0.720. The Balaban J connectivity index is 0.00000484. The minimum atomic E-state index is -0.633. The lowest BCUT2D eigenvalue weighted by molar-refractivity contribution is -0.131. The summed E-state index contributed by atoms with van der Waals surface area (Å²) in [5.41, 5.74) is -0.0124. The molecular weight excluding hydrogens is 322 g/mol. The number of rotatable bonds is 8. The lowest BCUT2D eigenvalue weighted by Gasteiger charge is -2.17. The van der Waals surface area contributed by atoms with Crippen molar-refractivity contribution in [2.24, 2.45) is 0 Å². The van der Waals surface area contributed by atoms with E-state index in [4.69, 9.17) is 9.47 Å². The third-order valence-electron chi connectivity index (χ3n) is 3.20. The molecule has 0 aliphatic carbocycles. The molecule has 130 valence electrons. The first-order chi connectivity index (χ1) is 10.5. The summed E-state index contributed by atoms with van der Waals surface area (Å²) in [7, 11) is 0. The average molecular weight is 346 g/mol. The maximum atomic E-state index is 12.0. The Morgan fingerprint density at radius 3 is 2.43 bits per heavy atom. The lowest BCUT2D eigenvalue weighted by Crippen LogP contribution is -2.25. The number of nitrogens with zero attached hydrogens (tertiary/aromatic N) is 1. The number of ether oxygens (including phenoxy) is 2. The second-order valence-electron chi connectivity index (χ2n) is 4.79. The van der Waals surface area contributed by atoms with E-state index in [1.54, 1.807) is 0 Å². The molecule has 0 radical (unpaired) electrons. The van der Waals surface area contributed by atoms with Gasteiger partial charge in [-0.15, -0.1) is 12.4 Å². The molecule has 1 rings (SSSR count). The van der Waals surface area contributed by atoms with Crippen molar-refractivity contribution in [3.05, 3.63) is 23.8 Å². The van der Waals surface area contributed by atoms with Gasteiger partial charge in [-0.1, -0.05) is 13.8 Å². The average Bonchev–Trinajstić information content (AvgIpc) is 2.48. The van der Waals surface area contributed by atoms with Crippen molar-refractivity contribution >= 4 is 24.3 Å². The monoisotopic (exact) mass is 345 g/mol. The smallest absolute Gasteiger partial charge is 0.342 e. The largest absolute Gasteiger partial charge is 0.507 e. The standard InChI is InChI=1S/C16H23NO5.ClH/c1-4-17(5-2)9-6-10-21-16(20)14-11-13(22-12(3)18)7-8-15(14)19;/h7-8,11,19H,4-6,9-10H2,1-3H3;1H. The molecule has 7 heteroatoms. The highest BCUT2D eigenvalue weighted by Gasteiger charge is 2.14. The molecule has 0 bridgehead atoms.